The van der Waals surface area contributed by atoms with Crippen LogP contribution in [0.25, 0.3) is 108 Å². The van der Waals surface area contributed by atoms with E-state index >= 15 is 0 Å². The first kappa shape index (κ1) is 33.5. The molecule has 0 N–H and O–H groups in total. The van der Waals surface area contributed by atoms with Gasteiger partial charge >= 0.3 is 0 Å². The molecular formula is C52H27N7. The first-order chi connectivity index (χ1) is 29.1. The summed E-state index contributed by atoms with van der Waals surface area (Å²) in [5, 5.41) is 17.0. The van der Waals surface area contributed by atoms with Crippen molar-refractivity contribution in [3.63, 3.8) is 0 Å². The van der Waals surface area contributed by atoms with E-state index in [1.807, 2.05) is 78.9 Å². The van der Waals surface area contributed by atoms with Crippen molar-refractivity contribution in [3.05, 3.63) is 204 Å². The fourth-order valence-electron chi connectivity index (χ4n) is 9.01. The largest absolute Gasteiger partial charge is 0.311 e. The van der Waals surface area contributed by atoms with Gasteiger partial charge in [0.1, 0.15) is 6.07 Å². The van der Waals surface area contributed by atoms with E-state index in [1.54, 1.807) is 0 Å². The van der Waals surface area contributed by atoms with Crippen LogP contribution in [-0.4, -0.2) is 13.7 Å². The van der Waals surface area contributed by atoms with Crippen molar-refractivity contribution in [1.82, 2.24) is 13.7 Å². The van der Waals surface area contributed by atoms with Crippen molar-refractivity contribution in [1.29, 1.82) is 5.26 Å². The molecule has 0 amide bonds. The number of fused-ring (bicyclic) bond motifs is 9. The van der Waals surface area contributed by atoms with Crippen LogP contribution in [0.5, 0.6) is 0 Å². The number of para-hydroxylation sites is 4. The molecule has 0 fully saturated rings. The van der Waals surface area contributed by atoms with Crippen LogP contribution in [0, 0.1) is 31.0 Å². The minimum absolute atomic E-state index is 0.451. The maximum Gasteiger partial charge on any atom is 0.189 e. The highest BCUT2D eigenvalue weighted by atomic mass is 15.0. The van der Waals surface area contributed by atoms with Gasteiger partial charge in [0.2, 0.25) is 0 Å². The Kier molecular flexibility index (Phi) is 7.28. The zero-order chi connectivity index (χ0) is 39.8. The predicted octanol–water partition coefficient (Wildman–Crippen LogP) is 14.2. The highest BCUT2D eigenvalue weighted by Crippen LogP contribution is 2.43. The standard InChI is InChI=1S/C52H27N7/c1-54-34-19-23-49-44(28-34)42-14-6-9-18-48(42)58(49)38-26-33(25-36(27-38)56-3)39-15-10-11-32(31-53)52(39)59-50-24-20-35(55-2)29-45(50)43-22-21-37(30-51(43)59)57-46-16-7-4-12-40(46)41-13-5-8-17-47(41)57/h4-30H. The average Bonchev–Trinajstić information content (AvgIpc) is 3.93. The number of hydrogen-bond donors (Lipinski definition) is 0. The van der Waals surface area contributed by atoms with Gasteiger partial charge in [-0.15, -0.1) is 0 Å². The molecule has 11 rings (SSSR count). The molecule has 0 aliphatic carbocycles. The monoisotopic (exact) mass is 749 g/mol. The Labute approximate surface area is 338 Å². The van der Waals surface area contributed by atoms with Crippen molar-refractivity contribution in [2.45, 2.75) is 0 Å². The molecule has 0 aliphatic rings. The van der Waals surface area contributed by atoms with Gasteiger partial charge in [0.25, 0.3) is 0 Å². The van der Waals surface area contributed by atoms with Gasteiger partial charge in [0.15, 0.2) is 17.1 Å². The van der Waals surface area contributed by atoms with Gasteiger partial charge < -0.3 is 13.7 Å². The molecule has 7 nitrogen and oxygen atoms in total. The Bertz CT molecular complexity index is 3740. The Hall–Kier alpha value is -8.88. The predicted molar refractivity (Wildman–Crippen MR) is 238 cm³/mol. The second-order valence-electron chi connectivity index (χ2n) is 14.5. The van der Waals surface area contributed by atoms with Crippen LogP contribution in [0.4, 0.5) is 17.1 Å². The number of rotatable bonds is 4. The molecule has 0 aliphatic heterocycles. The van der Waals surface area contributed by atoms with E-state index in [2.05, 4.69) is 119 Å². The fourth-order valence-corrected chi connectivity index (χ4v) is 9.01. The van der Waals surface area contributed by atoms with Crippen molar-refractivity contribution >= 4 is 82.5 Å². The molecule has 0 saturated carbocycles. The molecule has 0 atom stereocenters. The molecule has 0 spiro atoms. The highest BCUT2D eigenvalue weighted by molar-refractivity contribution is 6.14. The summed E-state index contributed by atoms with van der Waals surface area (Å²) in [5.41, 5.74) is 11.8. The molecular weight excluding hydrogens is 723 g/mol. The first-order valence-corrected chi connectivity index (χ1v) is 19.0. The molecule has 0 radical (unpaired) electrons. The molecule has 3 aromatic heterocycles. The lowest BCUT2D eigenvalue weighted by Crippen LogP contribution is -2.02. The molecule has 270 valence electrons. The zero-order valence-corrected chi connectivity index (χ0v) is 31.2. The molecule has 0 unspecified atom stereocenters. The van der Waals surface area contributed by atoms with E-state index in [-0.39, 0.29) is 0 Å². The van der Waals surface area contributed by atoms with Crippen molar-refractivity contribution in [2.24, 2.45) is 0 Å². The van der Waals surface area contributed by atoms with E-state index in [4.69, 9.17) is 19.7 Å². The van der Waals surface area contributed by atoms with Crippen LogP contribution in [0.3, 0.4) is 0 Å². The Morgan fingerprint density at radius 3 is 1.51 bits per heavy atom. The van der Waals surface area contributed by atoms with Gasteiger partial charge in [-0.25, -0.2) is 14.5 Å². The summed E-state index contributed by atoms with van der Waals surface area (Å²) in [6.07, 6.45) is 0. The highest BCUT2D eigenvalue weighted by Gasteiger charge is 2.22. The van der Waals surface area contributed by atoms with Crippen molar-refractivity contribution in [2.75, 3.05) is 0 Å². The second kappa shape index (κ2) is 12.8. The third-order valence-corrected chi connectivity index (χ3v) is 11.5. The quantitative estimate of drug-likeness (QED) is 0.165. The van der Waals surface area contributed by atoms with E-state index in [0.717, 1.165) is 87.9 Å². The topological polar surface area (TPSA) is 51.7 Å². The molecule has 0 bridgehead atoms. The van der Waals surface area contributed by atoms with Gasteiger partial charge in [-0.1, -0.05) is 84.9 Å². The zero-order valence-electron chi connectivity index (χ0n) is 31.2. The van der Waals surface area contributed by atoms with E-state index in [0.29, 0.717) is 28.3 Å². The van der Waals surface area contributed by atoms with Crippen LogP contribution >= 0.6 is 0 Å². The molecule has 11 aromatic rings. The molecule has 8 aromatic carbocycles. The lowest BCUT2D eigenvalue weighted by atomic mass is 9.98. The third-order valence-electron chi connectivity index (χ3n) is 11.5. The normalized spacial score (nSPS) is 11.3. The van der Waals surface area contributed by atoms with Crippen molar-refractivity contribution in [3.8, 4) is 34.3 Å². The van der Waals surface area contributed by atoms with Gasteiger partial charge in [-0.2, -0.15) is 5.26 Å². The van der Waals surface area contributed by atoms with Gasteiger partial charge in [-0.3, -0.25) is 0 Å². The van der Waals surface area contributed by atoms with E-state index < -0.39 is 0 Å². The minimum atomic E-state index is 0.451. The van der Waals surface area contributed by atoms with Crippen LogP contribution in [0.15, 0.2) is 164 Å². The maximum absolute atomic E-state index is 10.9. The number of nitriles is 1. The van der Waals surface area contributed by atoms with E-state index in [9.17, 15) is 5.26 Å². The SMILES string of the molecule is [C-]#[N+]c1cc(-c2cccc(C#N)c2-n2c3ccc([N+]#[C-])cc3c3ccc(-n4c5ccccc5c5ccccc54)cc32)cc(-n2c3ccccc3c3cc([N+]#[C-])ccc32)c1. The molecule has 3 heterocycles. The maximum atomic E-state index is 10.9. The van der Waals surface area contributed by atoms with E-state index in [1.165, 1.54) is 0 Å². The summed E-state index contributed by atoms with van der Waals surface area (Å²) in [7, 11) is 0. The van der Waals surface area contributed by atoms with Gasteiger partial charge in [0, 0.05) is 38.5 Å². The van der Waals surface area contributed by atoms with Crippen LogP contribution in [-0.2, 0) is 0 Å². The van der Waals surface area contributed by atoms with Crippen LogP contribution in [0.1, 0.15) is 5.56 Å². The average molecular weight is 750 g/mol. The van der Waals surface area contributed by atoms with Gasteiger partial charge in [0.05, 0.1) is 64.1 Å². The first-order valence-electron chi connectivity index (χ1n) is 19.0. The Balaban J connectivity index is 1.22. The lowest BCUT2D eigenvalue weighted by molar-refractivity contribution is 1.15. The summed E-state index contributed by atoms with van der Waals surface area (Å²) in [6.45, 7) is 23.8. The molecule has 7 heteroatoms. The summed E-state index contributed by atoms with van der Waals surface area (Å²) < 4.78 is 6.58. The summed E-state index contributed by atoms with van der Waals surface area (Å²) >= 11 is 0. The number of aromatic nitrogens is 3. The summed E-state index contributed by atoms with van der Waals surface area (Å²) in [4.78, 5) is 11.4. The minimum Gasteiger partial charge on any atom is -0.311 e. The van der Waals surface area contributed by atoms with Gasteiger partial charge in [-0.05, 0) is 95.2 Å². The number of nitrogens with zero attached hydrogens (tertiary/aromatic N) is 7. The number of hydrogen-bond acceptors (Lipinski definition) is 1. The van der Waals surface area contributed by atoms with Crippen LogP contribution in [0.2, 0.25) is 0 Å². The second-order valence-corrected chi connectivity index (χ2v) is 14.5. The Morgan fingerprint density at radius 1 is 0.390 bits per heavy atom. The third kappa shape index (κ3) is 4.90. The Morgan fingerprint density at radius 2 is 0.915 bits per heavy atom. The molecule has 0 saturated heterocycles. The molecule has 59 heavy (non-hydrogen) atoms. The smallest absolute Gasteiger partial charge is 0.189 e. The fraction of sp³-hybridized carbons (Fsp3) is 0. The van der Waals surface area contributed by atoms with Crippen LogP contribution < -0.4 is 0 Å². The number of benzene rings is 8. The lowest BCUT2D eigenvalue weighted by Gasteiger charge is -2.18. The summed E-state index contributed by atoms with van der Waals surface area (Å²) in [5.74, 6) is 0. The van der Waals surface area contributed by atoms with Crippen molar-refractivity contribution < 1.29 is 0 Å². The summed E-state index contributed by atoms with van der Waals surface area (Å²) in [6, 6.07) is 56.9.